The number of amides is 2. The molecule has 52 heavy (non-hydrogen) atoms. The van der Waals surface area contributed by atoms with Gasteiger partial charge in [0.15, 0.2) is 0 Å². The molecule has 0 saturated heterocycles. The molecule has 0 aliphatic heterocycles. The van der Waals surface area contributed by atoms with Gasteiger partial charge in [0.2, 0.25) is 20.0 Å². The molecule has 17 heteroatoms. The molecule has 0 aliphatic carbocycles. The summed E-state index contributed by atoms with van der Waals surface area (Å²) in [5, 5.41) is 14.3. The van der Waals surface area contributed by atoms with Crippen molar-refractivity contribution in [3.05, 3.63) is 83.7 Å². The molecule has 4 N–H and O–H groups in total. The van der Waals surface area contributed by atoms with Gasteiger partial charge in [-0.15, -0.1) is 0 Å². The summed E-state index contributed by atoms with van der Waals surface area (Å²) in [5.41, 5.74) is 1.05. The Morgan fingerprint density at radius 2 is 1.63 bits per heavy atom. The molecule has 0 spiro atoms. The molecule has 2 unspecified atom stereocenters. The number of hydrogen-bond acceptors (Lipinski definition) is 7. The summed E-state index contributed by atoms with van der Waals surface area (Å²) >= 11 is 0. The maximum Gasteiger partial charge on any atom is 0.417 e. The number of aliphatic carboxylic acids is 1. The lowest BCUT2D eigenvalue weighted by molar-refractivity contribution is -0.140. The predicted octanol–water partition coefficient (Wildman–Crippen LogP) is 5.71. The number of unbranched alkanes of at least 4 members (excludes halogenated alkanes) is 1. The van der Waals surface area contributed by atoms with Gasteiger partial charge in [-0.3, -0.25) is 9.78 Å². The highest BCUT2D eigenvalue weighted by atomic mass is 32.2. The highest BCUT2D eigenvalue weighted by molar-refractivity contribution is 7.89. The molecule has 0 saturated carbocycles. The van der Waals surface area contributed by atoms with Crippen molar-refractivity contribution >= 4 is 32.0 Å². The molecule has 2 aromatic carbocycles. The number of carboxylic acids is 1. The van der Waals surface area contributed by atoms with Gasteiger partial charge < -0.3 is 15.7 Å². The third kappa shape index (κ3) is 11.5. The zero-order valence-electron chi connectivity index (χ0n) is 29.9. The van der Waals surface area contributed by atoms with Crippen LogP contribution < -0.4 is 15.4 Å². The van der Waals surface area contributed by atoms with Gasteiger partial charge in [0.1, 0.15) is 6.04 Å². The molecule has 0 aliphatic rings. The summed E-state index contributed by atoms with van der Waals surface area (Å²) in [5.74, 6) is -1.95. The number of urea groups is 1. The second kappa shape index (κ2) is 17.2. The average molecular weight is 770 g/mol. The van der Waals surface area contributed by atoms with Crippen molar-refractivity contribution in [1.82, 2.24) is 24.6 Å². The van der Waals surface area contributed by atoms with Crippen molar-refractivity contribution in [2.75, 3.05) is 18.8 Å². The van der Waals surface area contributed by atoms with Gasteiger partial charge in [-0.1, -0.05) is 51.1 Å². The number of aromatic nitrogens is 1. The molecule has 0 fully saturated rings. The number of carbonyl (C=O) groups is 2. The van der Waals surface area contributed by atoms with Crippen LogP contribution >= 0.6 is 0 Å². The second-order valence-corrected chi connectivity index (χ2v) is 17.2. The quantitative estimate of drug-likeness (QED) is 0.134. The molecular weight excluding hydrogens is 724 g/mol. The zero-order chi connectivity index (χ0) is 39.1. The fourth-order valence-corrected chi connectivity index (χ4v) is 9.03. The fourth-order valence-electron chi connectivity index (χ4n) is 5.40. The van der Waals surface area contributed by atoms with Crippen molar-refractivity contribution in [3.63, 3.8) is 0 Å². The van der Waals surface area contributed by atoms with Crippen molar-refractivity contribution in [1.29, 1.82) is 0 Å². The number of carbonyl (C=O) groups excluding carboxylic acids is 1. The van der Waals surface area contributed by atoms with Crippen molar-refractivity contribution in [2.45, 2.75) is 83.6 Å². The van der Waals surface area contributed by atoms with Crippen LogP contribution in [0.4, 0.5) is 18.0 Å². The lowest BCUT2D eigenvalue weighted by Crippen LogP contribution is -2.53. The number of aryl methyl sites for hydroxylation is 1. The van der Waals surface area contributed by atoms with E-state index in [4.69, 9.17) is 5.11 Å². The first-order chi connectivity index (χ1) is 24.0. The Morgan fingerprint density at radius 3 is 2.25 bits per heavy atom. The van der Waals surface area contributed by atoms with Crippen molar-refractivity contribution in [2.24, 2.45) is 5.41 Å². The molecule has 3 rings (SSSR count). The van der Waals surface area contributed by atoms with Gasteiger partial charge in [0.25, 0.3) is 0 Å². The topological polar surface area (TPSA) is 175 Å². The molecule has 1 aromatic heterocycles. The number of benzene rings is 2. The average Bonchev–Trinajstić information content (AvgIpc) is 3.04. The number of carboxylic acid groups (broad SMARTS) is 1. The molecule has 286 valence electrons. The van der Waals surface area contributed by atoms with E-state index < -0.39 is 78.0 Å². The van der Waals surface area contributed by atoms with E-state index in [9.17, 15) is 39.6 Å². The van der Waals surface area contributed by atoms with Crippen LogP contribution in [0.25, 0.3) is 11.1 Å². The summed E-state index contributed by atoms with van der Waals surface area (Å²) in [4.78, 5) is 27.2. The van der Waals surface area contributed by atoms with E-state index in [1.165, 1.54) is 13.0 Å². The van der Waals surface area contributed by atoms with E-state index in [1.807, 2.05) is 19.1 Å². The molecular formula is C35H46F3N5O7S2. The monoisotopic (exact) mass is 769 g/mol. The molecule has 0 bridgehead atoms. The summed E-state index contributed by atoms with van der Waals surface area (Å²) in [6.07, 6.45) is -1.24. The third-order valence-corrected chi connectivity index (χ3v) is 12.0. The maximum atomic E-state index is 14.1. The number of hydrogen-bond donors (Lipinski definition) is 4. The van der Waals surface area contributed by atoms with Crippen LogP contribution in [-0.2, 0) is 31.0 Å². The van der Waals surface area contributed by atoms with Gasteiger partial charge in [-0.25, -0.2) is 26.4 Å². The minimum atomic E-state index is -4.93. The van der Waals surface area contributed by atoms with Crippen LogP contribution in [0.15, 0.2) is 71.9 Å². The number of halogens is 3. The Bertz CT molecular complexity index is 1930. The normalized spacial score (nSPS) is 14.4. The standard InChI is InChI=1S/C35H46F3N5O7S2/c1-23-21-39-18-16-28(23)27-13-11-12-26(20-27)25(3)43(52(49,50)30-15-8-7-14-29(30)35(36,37)38)19-10-9-17-40-33(46)41-31(34(4,5)6)22-51(47,48)42-24(2)32(44)45/h7-8,11-16,18,20-21,24-25,31,42H,9-10,17,19,22H2,1-6H3,(H,44,45)(H2,40,41,46)/t24-,25?,31?/m0/s1. The van der Waals surface area contributed by atoms with Crippen LogP contribution in [0.2, 0.25) is 0 Å². The first kappa shape index (κ1) is 42.4. The van der Waals surface area contributed by atoms with Crippen molar-refractivity contribution in [3.8, 4) is 11.1 Å². The highest BCUT2D eigenvalue weighted by Gasteiger charge is 2.40. The van der Waals surface area contributed by atoms with Gasteiger partial charge in [-0.2, -0.15) is 17.5 Å². The fraction of sp³-hybridized carbons (Fsp3) is 0.457. The second-order valence-electron chi connectivity index (χ2n) is 13.6. The Balaban J connectivity index is 1.80. The number of alkyl halides is 3. The van der Waals surface area contributed by atoms with Crippen molar-refractivity contribution < 1.29 is 44.7 Å². The minimum absolute atomic E-state index is 0.0297. The van der Waals surface area contributed by atoms with Gasteiger partial charge in [-0.05, 0) is 85.5 Å². The van der Waals surface area contributed by atoms with Crippen LogP contribution in [0.1, 0.15) is 70.2 Å². The van der Waals surface area contributed by atoms with E-state index in [1.54, 1.807) is 58.3 Å². The van der Waals surface area contributed by atoms with Gasteiger partial charge in [0.05, 0.1) is 22.3 Å². The SMILES string of the molecule is Cc1cnccc1-c1cccc(C(C)N(CCCCNC(=O)NC(CS(=O)(=O)N[C@@H](C)C(=O)O)C(C)(C)C)S(=O)(=O)c2ccccc2C(F)(F)F)c1. The zero-order valence-corrected chi connectivity index (χ0v) is 31.5. The van der Waals surface area contributed by atoms with Crippen LogP contribution in [0.5, 0.6) is 0 Å². The molecule has 2 amide bonds. The molecule has 1 heterocycles. The minimum Gasteiger partial charge on any atom is -0.480 e. The molecule has 3 aromatic rings. The van der Waals surface area contributed by atoms with E-state index in [0.717, 1.165) is 39.2 Å². The Kier molecular flexibility index (Phi) is 14.0. The van der Waals surface area contributed by atoms with E-state index in [-0.39, 0.29) is 25.9 Å². The number of sulfonamides is 2. The van der Waals surface area contributed by atoms with E-state index in [2.05, 4.69) is 20.3 Å². The third-order valence-electron chi connectivity index (χ3n) is 8.47. The first-order valence-corrected chi connectivity index (χ1v) is 19.6. The number of nitrogens with zero attached hydrogens (tertiary/aromatic N) is 2. The molecule has 12 nitrogen and oxygen atoms in total. The molecule has 0 radical (unpaired) electrons. The van der Waals surface area contributed by atoms with Crippen LogP contribution in [-0.4, -0.2) is 74.2 Å². The van der Waals surface area contributed by atoms with Gasteiger partial charge in [0, 0.05) is 31.5 Å². The van der Waals surface area contributed by atoms with E-state index >= 15 is 0 Å². The largest absolute Gasteiger partial charge is 0.480 e. The van der Waals surface area contributed by atoms with Crippen LogP contribution in [0, 0.1) is 12.3 Å². The summed E-state index contributed by atoms with van der Waals surface area (Å²) in [6, 6.07) is 9.03. The van der Waals surface area contributed by atoms with Gasteiger partial charge >= 0.3 is 18.2 Å². The first-order valence-electron chi connectivity index (χ1n) is 16.5. The number of rotatable bonds is 16. The van der Waals surface area contributed by atoms with E-state index in [0.29, 0.717) is 5.56 Å². The smallest absolute Gasteiger partial charge is 0.417 e. The predicted molar refractivity (Wildman–Crippen MR) is 191 cm³/mol. The molecule has 3 atom stereocenters. The lowest BCUT2D eigenvalue weighted by atomic mass is 9.88. The number of pyridine rings is 1. The summed E-state index contributed by atoms with van der Waals surface area (Å²) in [6.45, 7) is 9.61. The number of nitrogens with one attached hydrogen (secondary N) is 3. The maximum absolute atomic E-state index is 14.1. The lowest BCUT2D eigenvalue weighted by Gasteiger charge is -2.31. The van der Waals surface area contributed by atoms with Crippen LogP contribution in [0.3, 0.4) is 0 Å². The Morgan fingerprint density at radius 1 is 0.962 bits per heavy atom. The Hall–Kier alpha value is -4.06. The summed E-state index contributed by atoms with van der Waals surface area (Å²) < 4.78 is 98.5. The highest BCUT2D eigenvalue weighted by Crippen LogP contribution is 2.38. The Labute approximate surface area is 303 Å². The summed E-state index contributed by atoms with van der Waals surface area (Å²) in [7, 11) is -8.81.